The van der Waals surface area contributed by atoms with E-state index in [1.54, 1.807) is 0 Å². The first-order chi connectivity index (χ1) is 6.20. The fourth-order valence-corrected chi connectivity index (χ4v) is 1.80. The summed E-state index contributed by atoms with van der Waals surface area (Å²) in [6.45, 7) is 6.57. The number of hydrogen-bond donors (Lipinski definition) is 1. The van der Waals surface area contributed by atoms with Crippen molar-refractivity contribution in [1.29, 1.82) is 0 Å². The maximum atomic E-state index is 2.26. The number of aryl methyl sites for hydroxylation is 2. The van der Waals surface area contributed by atoms with Crippen molar-refractivity contribution in [2.75, 3.05) is 0 Å². The van der Waals surface area contributed by atoms with Gasteiger partial charge < -0.3 is 6.15 Å². The van der Waals surface area contributed by atoms with Crippen LogP contribution in [0.4, 0.5) is 0 Å². The predicted molar refractivity (Wildman–Crippen MR) is 63.2 cm³/mol. The van der Waals surface area contributed by atoms with Crippen LogP contribution in [-0.4, -0.2) is 0 Å². The number of benzene rings is 2. The van der Waals surface area contributed by atoms with E-state index >= 15 is 0 Å². The van der Waals surface area contributed by atoms with Crippen LogP contribution in [0.25, 0.3) is 10.8 Å². The number of fused-ring (bicyclic) bond motifs is 1. The highest BCUT2D eigenvalue weighted by molar-refractivity contribution is 5.87. The molecule has 2 rings (SSSR count). The highest BCUT2D eigenvalue weighted by Gasteiger charge is 2.01. The van der Waals surface area contributed by atoms with Crippen molar-refractivity contribution in [2.45, 2.75) is 20.8 Å². The summed E-state index contributed by atoms with van der Waals surface area (Å²) < 4.78 is 0. The molecule has 0 radical (unpaired) electrons. The Morgan fingerprint density at radius 3 is 2.21 bits per heavy atom. The lowest BCUT2D eigenvalue weighted by Gasteiger charge is -2.08. The van der Waals surface area contributed by atoms with Gasteiger partial charge in [0.15, 0.2) is 0 Å². The standard InChI is InChI=1S/C13H14.H3N/c1-9-8-12-6-4-5-7-13(12)11(3)10(9)2;/h4-8H,1-3H3;1H3. The SMILES string of the molecule is Cc1cc2ccccc2c(C)c1C.N. The molecule has 0 bridgehead atoms. The minimum Gasteiger partial charge on any atom is -0.344 e. The van der Waals surface area contributed by atoms with E-state index in [0.717, 1.165) is 0 Å². The molecule has 0 aliphatic carbocycles. The van der Waals surface area contributed by atoms with E-state index < -0.39 is 0 Å². The largest absolute Gasteiger partial charge is 0.344 e. The Labute approximate surface area is 85.3 Å². The van der Waals surface area contributed by atoms with Crippen LogP contribution in [0.15, 0.2) is 30.3 Å². The average molecular weight is 187 g/mol. The van der Waals surface area contributed by atoms with Gasteiger partial charge >= 0.3 is 0 Å². The van der Waals surface area contributed by atoms with E-state index in [1.165, 1.54) is 27.5 Å². The fourth-order valence-electron chi connectivity index (χ4n) is 1.80. The Morgan fingerprint density at radius 1 is 0.857 bits per heavy atom. The molecule has 1 nitrogen and oxygen atoms in total. The van der Waals surface area contributed by atoms with Crippen LogP contribution in [0.1, 0.15) is 16.7 Å². The molecular formula is C13H17N. The molecule has 0 saturated heterocycles. The molecule has 74 valence electrons. The molecule has 0 atom stereocenters. The predicted octanol–water partition coefficient (Wildman–Crippen LogP) is 3.93. The average Bonchev–Trinajstić information content (AvgIpc) is 2.15. The Bertz CT molecular complexity index is 458. The summed E-state index contributed by atoms with van der Waals surface area (Å²) in [5.41, 5.74) is 4.21. The molecule has 0 heterocycles. The van der Waals surface area contributed by atoms with E-state index in [2.05, 4.69) is 51.1 Å². The van der Waals surface area contributed by atoms with Crippen molar-refractivity contribution in [3.8, 4) is 0 Å². The summed E-state index contributed by atoms with van der Waals surface area (Å²) >= 11 is 0. The van der Waals surface area contributed by atoms with Crippen molar-refractivity contribution >= 4 is 10.8 Å². The quantitative estimate of drug-likeness (QED) is 0.666. The van der Waals surface area contributed by atoms with Gasteiger partial charge in [0.2, 0.25) is 0 Å². The monoisotopic (exact) mass is 187 g/mol. The lowest BCUT2D eigenvalue weighted by Crippen LogP contribution is -1.87. The molecule has 0 aliphatic rings. The minimum atomic E-state index is 0. The zero-order valence-corrected chi connectivity index (χ0v) is 9.09. The zero-order chi connectivity index (χ0) is 9.42. The van der Waals surface area contributed by atoms with Gasteiger partial charge in [-0.25, -0.2) is 0 Å². The zero-order valence-electron chi connectivity index (χ0n) is 9.09. The minimum absolute atomic E-state index is 0. The maximum absolute atomic E-state index is 2.26. The Morgan fingerprint density at radius 2 is 1.50 bits per heavy atom. The third-order valence-electron chi connectivity index (χ3n) is 2.89. The molecule has 0 spiro atoms. The van der Waals surface area contributed by atoms with Gasteiger partial charge in [-0.05, 0) is 48.2 Å². The number of rotatable bonds is 0. The van der Waals surface area contributed by atoms with Crippen LogP contribution in [0, 0.1) is 20.8 Å². The summed E-state index contributed by atoms with van der Waals surface area (Å²) in [4.78, 5) is 0. The molecule has 2 aromatic rings. The lowest BCUT2D eigenvalue weighted by atomic mass is 9.97. The first-order valence-corrected chi connectivity index (χ1v) is 4.65. The third kappa shape index (κ3) is 1.51. The van der Waals surface area contributed by atoms with Gasteiger partial charge in [-0.3, -0.25) is 0 Å². The summed E-state index contributed by atoms with van der Waals surface area (Å²) in [5.74, 6) is 0. The molecule has 0 aliphatic heterocycles. The lowest BCUT2D eigenvalue weighted by molar-refractivity contribution is 1.30. The molecule has 3 N–H and O–H groups in total. The van der Waals surface area contributed by atoms with Crippen molar-refractivity contribution in [3.05, 3.63) is 47.0 Å². The Kier molecular flexibility index (Phi) is 2.92. The van der Waals surface area contributed by atoms with Crippen molar-refractivity contribution in [1.82, 2.24) is 6.15 Å². The number of hydrogen-bond acceptors (Lipinski definition) is 1. The van der Waals surface area contributed by atoms with Crippen LogP contribution in [0.3, 0.4) is 0 Å². The summed E-state index contributed by atoms with van der Waals surface area (Å²) in [5, 5.41) is 2.73. The van der Waals surface area contributed by atoms with Gasteiger partial charge in [-0.1, -0.05) is 30.3 Å². The summed E-state index contributed by atoms with van der Waals surface area (Å²) in [6.07, 6.45) is 0. The summed E-state index contributed by atoms with van der Waals surface area (Å²) in [6, 6.07) is 10.8. The van der Waals surface area contributed by atoms with E-state index in [9.17, 15) is 0 Å². The molecule has 2 aromatic carbocycles. The molecule has 1 heteroatoms. The first kappa shape index (κ1) is 10.7. The van der Waals surface area contributed by atoms with Gasteiger partial charge in [0.25, 0.3) is 0 Å². The molecule has 14 heavy (non-hydrogen) atoms. The molecular weight excluding hydrogens is 170 g/mol. The van der Waals surface area contributed by atoms with Crippen molar-refractivity contribution in [3.63, 3.8) is 0 Å². The molecule has 0 aromatic heterocycles. The maximum Gasteiger partial charge on any atom is -0.0152 e. The topological polar surface area (TPSA) is 35.0 Å². The van der Waals surface area contributed by atoms with Crippen LogP contribution in [0.2, 0.25) is 0 Å². The second-order valence-electron chi connectivity index (χ2n) is 3.66. The second kappa shape index (κ2) is 3.81. The second-order valence-corrected chi connectivity index (χ2v) is 3.66. The molecule has 0 unspecified atom stereocenters. The van der Waals surface area contributed by atoms with Crippen LogP contribution in [-0.2, 0) is 0 Å². The highest BCUT2D eigenvalue weighted by Crippen LogP contribution is 2.23. The van der Waals surface area contributed by atoms with Gasteiger partial charge in [-0.2, -0.15) is 0 Å². The van der Waals surface area contributed by atoms with Gasteiger partial charge in [0, 0.05) is 0 Å². The Balaban J connectivity index is 0.000000980. The molecule has 0 fully saturated rings. The van der Waals surface area contributed by atoms with Crippen molar-refractivity contribution < 1.29 is 0 Å². The van der Waals surface area contributed by atoms with E-state index in [4.69, 9.17) is 0 Å². The van der Waals surface area contributed by atoms with Crippen LogP contribution >= 0.6 is 0 Å². The molecule has 0 amide bonds. The van der Waals surface area contributed by atoms with Gasteiger partial charge in [-0.15, -0.1) is 0 Å². The van der Waals surface area contributed by atoms with Crippen LogP contribution in [0.5, 0.6) is 0 Å². The first-order valence-electron chi connectivity index (χ1n) is 4.65. The summed E-state index contributed by atoms with van der Waals surface area (Å²) in [7, 11) is 0. The van der Waals surface area contributed by atoms with E-state index in [1.807, 2.05) is 0 Å². The van der Waals surface area contributed by atoms with Gasteiger partial charge in [0.05, 0.1) is 0 Å². The van der Waals surface area contributed by atoms with Crippen molar-refractivity contribution in [2.24, 2.45) is 0 Å². The van der Waals surface area contributed by atoms with E-state index in [0.29, 0.717) is 0 Å². The third-order valence-corrected chi connectivity index (χ3v) is 2.89. The Hall–Kier alpha value is -1.34. The highest BCUT2D eigenvalue weighted by atomic mass is 14.1. The van der Waals surface area contributed by atoms with Crippen LogP contribution < -0.4 is 6.15 Å². The normalized spacial score (nSPS) is 9.93. The smallest absolute Gasteiger partial charge is 0.0152 e. The molecule has 0 saturated carbocycles. The fraction of sp³-hybridized carbons (Fsp3) is 0.231. The van der Waals surface area contributed by atoms with Gasteiger partial charge in [0.1, 0.15) is 0 Å². The van der Waals surface area contributed by atoms with E-state index in [-0.39, 0.29) is 6.15 Å².